The highest BCUT2D eigenvalue weighted by Crippen LogP contribution is 2.35. The minimum atomic E-state index is 0.0781. The summed E-state index contributed by atoms with van der Waals surface area (Å²) >= 11 is 7.12. The summed E-state index contributed by atoms with van der Waals surface area (Å²) < 4.78 is 7.71. The summed E-state index contributed by atoms with van der Waals surface area (Å²) in [4.78, 5) is 0. The molecule has 21 heavy (non-hydrogen) atoms. The topological polar surface area (TPSA) is 21.3 Å². The maximum Gasteiger partial charge on any atom is 0.124 e. The Balaban J connectivity index is 2.61. The number of rotatable bonds is 4. The Hall–Kier alpha value is -0.840. The molecule has 0 spiro atoms. The van der Waals surface area contributed by atoms with Crippen LogP contribution in [0, 0.1) is 13.8 Å². The van der Waals surface area contributed by atoms with Crippen LogP contribution in [0.15, 0.2) is 39.3 Å². The van der Waals surface area contributed by atoms with Gasteiger partial charge in [-0.25, -0.2) is 0 Å². The van der Waals surface area contributed by atoms with Gasteiger partial charge in [0.05, 0.1) is 13.2 Å². The van der Waals surface area contributed by atoms with Crippen molar-refractivity contribution in [2.24, 2.45) is 0 Å². The first kappa shape index (κ1) is 16.5. The monoisotopic (exact) mass is 411 g/mol. The summed E-state index contributed by atoms with van der Waals surface area (Å²) in [7, 11) is 3.69. The zero-order valence-corrected chi connectivity index (χ0v) is 15.8. The fraction of sp³-hybridized carbons (Fsp3) is 0.294. The molecular weight excluding hydrogens is 394 g/mol. The van der Waals surface area contributed by atoms with Gasteiger partial charge in [0.15, 0.2) is 0 Å². The van der Waals surface area contributed by atoms with Crippen molar-refractivity contribution in [1.82, 2.24) is 5.32 Å². The van der Waals surface area contributed by atoms with Crippen molar-refractivity contribution < 1.29 is 4.74 Å². The van der Waals surface area contributed by atoms with E-state index < -0.39 is 0 Å². The average Bonchev–Trinajstić information content (AvgIpc) is 2.40. The van der Waals surface area contributed by atoms with Crippen molar-refractivity contribution in [3.63, 3.8) is 0 Å². The summed E-state index contributed by atoms with van der Waals surface area (Å²) in [5.41, 5.74) is 4.79. The highest BCUT2D eigenvalue weighted by Gasteiger charge is 2.20. The quantitative estimate of drug-likeness (QED) is 0.749. The van der Waals surface area contributed by atoms with Crippen LogP contribution >= 0.6 is 31.9 Å². The van der Waals surface area contributed by atoms with E-state index in [0.717, 1.165) is 14.7 Å². The predicted octanol–water partition coefficient (Wildman–Crippen LogP) is 5.15. The van der Waals surface area contributed by atoms with Gasteiger partial charge in [0, 0.05) is 14.5 Å². The summed E-state index contributed by atoms with van der Waals surface area (Å²) in [6.45, 7) is 4.21. The average molecular weight is 413 g/mol. The van der Waals surface area contributed by atoms with Crippen LogP contribution in [0.3, 0.4) is 0 Å². The molecule has 0 aliphatic heterocycles. The Morgan fingerprint density at radius 1 is 1.00 bits per heavy atom. The Kier molecular flexibility index (Phi) is 5.47. The normalized spacial score (nSPS) is 12.3. The van der Waals surface area contributed by atoms with E-state index in [0.29, 0.717) is 0 Å². The molecule has 2 nitrogen and oxygen atoms in total. The molecule has 0 aromatic heterocycles. The van der Waals surface area contributed by atoms with Crippen LogP contribution in [0.5, 0.6) is 5.75 Å². The van der Waals surface area contributed by atoms with Gasteiger partial charge in [0.25, 0.3) is 0 Å². The molecule has 1 unspecified atom stereocenters. The van der Waals surface area contributed by atoms with Gasteiger partial charge in [-0.3, -0.25) is 0 Å². The number of halogens is 2. The van der Waals surface area contributed by atoms with Gasteiger partial charge in [-0.2, -0.15) is 0 Å². The number of ether oxygens (including phenoxy) is 1. The Bertz CT molecular complexity index is 635. The molecule has 0 saturated heterocycles. The van der Waals surface area contributed by atoms with Gasteiger partial charge in [0.1, 0.15) is 5.75 Å². The van der Waals surface area contributed by atoms with Crippen molar-refractivity contribution in [1.29, 1.82) is 0 Å². The van der Waals surface area contributed by atoms with E-state index in [9.17, 15) is 0 Å². The number of nitrogens with one attached hydrogen (secondary N) is 1. The molecule has 1 N–H and O–H groups in total. The van der Waals surface area contributed by atoms with Crippen molar-refractivity contribution >= 4 is 31.9 Å². The summed E-state index contributed by atoms with van der Waals surface area (Å²) in [5.74, 6) is 0.919. The predicted molar refractivity (Wildman–Crippen MR) is 95.2 cm³/mol. The Morgan fingerprint density at radius 2 is 1.62 bits per heavy atom. The lowest BCUT2D eigenvalue weighted by atomic mass is 9.93. The van der Waals surface area contributed by atoms with E-state index in [1.54, 1.807) is 7.11 Å². The number of methoxy groups -OCH3 is 1. The molecule has 2 aromatic rings. The van der Waals surface area contributed by atoms with Crippen LogP contribution in [0.25, 0.3) is 0 Å². The summed E-state index contributed by atoms with van der Waals surface area (Å²) in [5, 5.41) is 3.40. The first-order chi connectivity index (χ1) is 9.96. The Labute approximate surface area is 143 Å². The lowest BCUT2D eigenvalue weighted by Gasteiger charge is -2.23. The van der Waals surface area contributed by atoms with Gasteiger partial charge < -0.3 is 10.1 Å². The van der Waals surface area contributed by atoms with Gasteiger partial charge in [0.2, 0.25) is 0 Å². The minimum Gasteiger partial charge on any atom is -0.496 e. The van der Waals surface area contributed by atoms with Gasteiger partial charge >= 0.3 is 0 Å². The van der Waals surface area contributed by atoms with E-state index in [1.165, 1.54) is 22.3 Å². The van der Waals surface area contributed by atoms with Gasteiger partial charge in [-0.1, -0.05) is 37.9 Å². The second-order valence-corrected chi connectivity index (χ2v) is 6.95. The van der Waals surface area contributed by atoms with Crippen molar-refractivity contribution in [2.75, 3.05) is 14.2 Å². The van der Waals surface area contributed by atoms with Crippen molar-refractivity contribution in [3.8, 4) is 5.75 Å². The molecule has 0 saturated carbocycles. The van der Waals surface area contributed by atoms with Crippen molar-refractivity contribution in [2.45, 2.75) is 19.9 Å². The van der Waals surface area contributed by atoms with E-state index in [1.807, 2.05) is 13.1 Å². The van der Waals surface area contributed by atoms with Crippen LogP contribution in [-0.2, 0) is 0 Å². The van der Waals surface area contributed by atoms with E-state index >= 15 is 0 Å². The number of benzene rings is 2. The maximum absolute atomic E-state index is 5.61. The molecule has 2 aromatic carbocycles. The van der Waals surface area contributed by atoms with E-state index in [-0.39, 0.29) is 6.04 Å². The number of hydrogen-bond acceptors (Lipinski definition) is 2. The van der Waals surface area contributed by atoms with Crippen molar-refractivity contribution in [3.05, 3.63) is 61.5 Å². The molecular formula is C17H19Br2NO. The third-order valence-corrected chi connectivity index (χ3v) is 4.42. The minimum absolute atomic E-state index is 0.0781. The van der Waals surface area contributed by atoms with Gasteiger partial charge in [-0.15, -0.1) is 0 Å². The van der Waals surface area contributed by atoms with Crippen LogP contribution < -0.4 is 10.1 Å². The highest BCUT2D eigenvalue weighted by molar-refractivity contribution is 9.11. The molecule has 0 amide bonds. The number of aryl methyl sites for hydroxylation is 2. The lowest BCUT2D eigenvalue weighted by molar-refractivity contribution is 0.404. The van der Waals surface area contributed by atoms with Gasteiger partial charge in [-0.05, 0) is 61.9 Å². The summed E-state index contributed by atoms with van der Waals surface area (Å²) in [6.07, 6.45) is 0. The first-order valence-corrected chi connectivity index (χ1v) is 8.33. The van der Waals surface area contributed by atoms with Crippen LogP contribution in [-0.4, -0.2) is 14.2 Å². The summed E-state index contributed by atoms with van der Waals surface area (Å²) in [6, 6.07) is 10.6. The second-order valence-electron chi connectivity index (χ2n) is 5.12. The van der Waals surface area contributed by atoms with E-state index in [2.05, 4.69) is 75.3 Å². The highest BCUT2D eigenvalue weighted by atomic mass is 79.9. The smallest absolute Gasteiger partial charge is 0.124 e. The largest absolute Gasteiger partial charge is 0.496 e. The zero-order chi connectivity index (χ0) is 15.6. The third kappa shape index (κ3) is 3.68. The first-order valence-electron chi connectivity index (χ1n) is 6.74. The fourth-order valence-electron chi connectivity index (χ4n) is 2.70. The molecule has 0 aliphatic rings. The zero-order valence-electron chi connectivity index (χ0n) is 12.6. The van der Waals surface area contributed by atoms with Crippen LogP contribution in [0.2, 0.25) is 0 Å². The maximum atomic E-state index is 5.61. The third-order valence-electron chi connectivity index (χ3n) is 3.51. The number of hydrogen-bond donors (Lipinski definition) is 1. The molecule has 0 radical (unpaired) electrons. The SMILES string of the molecule is CNC(c1cc(Br)cc(Br)c1)c1c(C)cc(C)cc1OC. The Morgan fingerprint density at radius 3 is 2.14 bits per heavy atom. The molecule has 0 fully saturated rings. The molecule has 0 heterocycles. The van der Waals surface area contributed by atoms with Crippen LogP contribution in [0.1, 0.15) is 28.3 Å². The van der Waals surface area contributed by atoms with E-state index in [4.69, 9.17) is 4.74 Å². The molecule has 112 valence electrons. The van der Waals surface area contributed by atoms with Crippen LogP contribution in [0.4, 0.5) is 0 Å². The fourth-order valence-corrected chi connectivity index (χ4v) is 4.03. The molecule has 0 aliphatic carbocycles. The molecule has 1 atom stereocenters. The molecule has 2 rings (SSSR count). The lowest BCUT2D eigenvalue weighted by Crippen LogP contribution is -2.19. The standard InChI is InChI=1S/C17H19Br2NO/c1-10-5-11(2)16(15(6-10)21-4)17(20-3)12-7-13(18)9-14(19)8-12/h5-9,17,20H,1-4H3. The molecule has 0 bridgehead atoms. The second kappa shape index (κ2) is 6.95. The molecule has 4 heteroatoms.